The summed E-state index contributed by atoms with van der Waals surface area (Å²) in [6.45, 7) is 10.8. The normalized spacial score (nSPS) is 12.9. The van der Waals surface area contributed by atoms with Gasteiger partial charge in [0.15, 0.2) is 0 Å². The molecule has 5 heteroatoms. The summed E-state index contributed by atoms with van der Waals surface area (Å²) in [7, 11) is 0. The van der Waals surface area contributed by atoms with Gasteiger partial charge < -0.3 is 14.2 Å². The summed E-state index contributed by atoms with van der Waals surface area (Å²) < 4.78 is 11.3. The average molecular weight is 249 g/mol. The van der Waals surface area contributed by atoms with Crippen LogP contribution >= 0.6 is 0 Å². The molecule has 2 rings (SSSR count). The number of nitrogens with one attached hydrogen (secondary N) is 1. The molecule has 0 bridgehead atoms. The first-order chi connectivity index (χ1) is 8.54. The molecule has 0 aliphatic carbocycles. The molecule has 0 aliphatic heterocycles. The van der Waals surface area contributed by atoms with E-state index in [1.807, 2.05) is 34.6 Å². The van der Waals surface area contributed by atoms with Crippen LogP contribution in [0.2, 0.25) is 0 Å². The van der Waals surface area contributed by atoms with Gasteiger partial charge in [-0.05, 0) is 34.2 Å². The lowest BCUT2D eigenvalue weighted by Crippen LogP contribution is -2.17. The fourth-order valence-corrected chi connectivity index (χ4v) is 2.01. The second-order valence-corrected chi connectivity index (χ2v) is 4.44. The van der Waals surface area contributed by atoms with Gasteiger partial charge in [0.2, 0.25) is 5.89 Å². The molecule has 0 radical (unpaired) electrons. The second kappa shape index (κ2) is 4.94. The quantitative estimate of drug-likeness (QED) is 0.902. The number of hydrogen-bond acceptors (Lipinski definition) is 5. The summed E-state index contributed by atoms with van der Waals surface area (Å²) in [6, 6.07) is 0.0601. The minimum absolute atomic E-state index is 0.0601. The van der Waals surface area contributed by atoms with E-state index in [9.17, 15) is 0 Å². The summed E-state index contributed by atoms with van der Waals surface area (Å²) in [5.74, 6) is 2.84. The van der Waals surface area contributed by atoms with Crippen LogP contribution in [0.1, 0.15) is 42.9 Å². The van der Waals surface area contributed by atoms with Gasteiger partial charge in [0, 0.05) is 5.56 Å². The van der Waals surface area contributed by atoms with Gasteiger partial charge >= 0.3 is 0 Å². The monoisotopic (exact) mass is 249 g/mol. The Balaban J connectivity index is 2.35. The van der Waals surface area contributed by atoms with E-state index >= 15 is 0 Å². The van der Waals surface area contributed by atoms with E-state index in [0.29, 0.717) is 11.8 Å². The molecule has 2 heterocycles. The number of nitrogens with zero attached hydrogens (tertiary/aromatic N) is 2. The van der Waals surface area contributed by atoms with E-state index < -0.39 is 0 Å². The van der Waals surface area contributed by atoms with E-state index in [2.05, 4.69) is 15.5 Å². The number of hydrogen-bond donors (Lipinski definition) is 1. The third kappa shape index (κ3) is 2.18. The van der Waals surface area contributed by atoms with Crippen LogP contribution in [-0.2, 0) is 0 Å². The molecule has 1 atom stereocenters. The van der Waals surface area contributed by atoms with Crippen molar-refractivity contribution in [1.82, 2.24) is 15.5 Å². The fraction of sp³-hybridized carbons (Fsp3) is 0.538. The van der Waals surface area contributed by atoms with E-state index in [0.717, 1.165) is 29.2 Å². The molecule has 0 saturated heterocycles. The van der Waals surface area contributed by atoms with Crippen molar-refractivity contribution in [3.8, 4) is 11.5 Å². The predicted molar refractivity (Wildman–Crippen MR) is 68.3 cm³/mol. The Morgan fingerprint density at radius 1 is 1.11 bits per heavy atom. The molecule has 2 aromatic heterocycles. The smallest absolute Gasteiger partial charge is 0.251 e. The van der Waals surface area contributed by atoms with Crippen LogP contribution in [0.5, 0.6) is 0 Å². The van der Waals surface area contributed by atoms with Crippen LogP contribution in [0.3, 0.4) is 0 Å². The van der Waals surface area contributed by atoms with Crippen LogP contribution in [0.15, 0.2) is 8.83 Å². The first-order valence-corrected chi connectivity index (χ1v) is 6.18. The third-order valence-electron chi connectivity index (χ3n) is 3.10. The van der Waals surface area contributed by atoms with Crippen molar-refractivity contribution >= 4 is 0 Å². The number of aryl methyl sites for hydroxylation is 2. The van der Waals surface area contributed by atoms with E-state index in [-0.39, 0.29) is 6.04 Å². The highest BCUT2D eigenvalue weighted by Gasteiger charge is 2.20. The topological polar surface area (TPSA) is 64.1 Å². The average Bonchev–Trinajstić information content (AvgIpc) is 2.86. The summed E-state index contributed by atoms with van der Waals surface area (Å²) in [5, 5.41) is 11.4. The zero-order valence-electron chi connectivity index (χ0n) is 11.5. The van der Waals surface area contributed by atoms with Gasteiger partial charge in [0.25, 0.3) is 5.89 Å². The Hall–Kier alpha value is -1.62. The maximum Gasteiger partial charge on any atom is 0.251 e. The van der Waals surface area contributed by atoms with Crippen molar-refractivity contribution in [2.45, 2.75) is 40.7 Å². The molecule has 0 aromatic carbocycles. The molecule has 0 fully saturated rings. The predicted octanol–water partition coefficient (Wildman–Crippen LogP) is 2.93. The molecule has 1 unspecified atom stereocenters. The van der Waals surface area contributed by atoms with Crippen LogP contribution < -0.4 is 5.32 Å². The first-order valence-electron chi connectivity index (χ1n) is 6.18. The van der Waals surface area contributed by atoms with Crippen molar-refractivity contribution in [2.24, 2.45) is 0 Å². The lowest BCUT2D eigenvalue weighted by molar-refractivity contribution is 0.428. The van der Waals surface area contributed by atoms with Gasteiger partial charge in [-0.3, -0.25) is 0 Å². The van der Waals surface area contributed by atoms with Crippen molar-refractivity contribution in [3.63, 3.8) is 0 Å². The van der Waals surface area contributed by atoms with Crippen LogP contribution in [-0.4, -0.2) is 16.7 Å². The number of furan rings is 1. The maximum atomic E-state index is 5.71. The molecular weight excluding hydrogens is 230 g/mol. The van der Waals surface area contributed by atoms with Gasteiger partial charge in [-0.15, -0.1) is 10.2 Å². The van der Waals surface area contributed by atoms with Gasteiger partial charge in [0.05, 0.1) is 11.6 Å². The standard InChI is InChI=1S/C13H19N3O2/c1-6-14-8(3)12-15-16-13(18-12)11-7(2)9(4)17-10(11)5/h8,14H,6H2,1-5H3. The third-order valence-corrected chi connectivity index (χ3v) is 3.10. The lowest BCUT2D eigenvalue weighted by Gasteiger charge is -2.05. The molecule has 0 amide bonds. The molecule has 0 aliphatic rings. The van der Waals surface area contributed by atoms with Gasteiger partial charge in [-0.1, -0.05) is 6.92 Å². The SMILES string of the molecule is CCNC(C)c1nnc(-c2c(C)oc(C)c2C)o1. The zero-order valence-corrected chi connectivity index (χ0v) is 11.5. The molecule has 1 N–H and O–H groups in total. The maximum absolute atomic E-state index is 5.71. The van der Waals surface area contributed by atoms with E-state index in [1.54, 1.807) is 0 Å². The second-order valence-electron chi connectivity index (χ2n) is 4.44. The Kier molecular flexibility index (Phi) is 3.52. The highest BCUT2D eigenvalue weighted by molar-refractivity contribution is 5.61. The highest BCUT2D eigenvalue weighted by atomic mass is 16.4. The van der Waals surface area contributed by atoms with Crippen molar-refractivity contribution in [3.05, 3.63) is 23.0 Å². The Morgan fingerprint density at radius 2 is 1.83 bits per heavy atom. The molecule has 5 nitrogen and oxygen atoms in total. The Labute approximate surface area is 107 Å². The van der Waals surface area contributed by atoms with Crippen molar-refractivity contribution in [2.75, 3.05) is 6.54 Å². The summed E-state index contributed by atoms with van der Waals surface area (Å²) >= 11 is 0. The molecule has 18 heavy (non-hydrogen) atoms. The van der Waals surface area contributed by atoms with Gasteiger partial charge in [-0.25, -0.2) is 0 Å². The minimum atomic E-state index is 0.0601. The number of rotatable bonds is 4. The van der Waals surface area contributed by atoms with Crippen molar-refractivity contribution < 1.29 is 8.83 Å². The summed E-state index contributed by atoms with van der Waals surface area (Å²) in [5.41, 5.74) is 1.97. The van der Waals surface area contributed by atoms with Gasteiger partial charge in [0.1, 0.15) is 11.5 Å². The fourth-order valence-electron chi connectivity index (χ4n) is 2.01. The Morgan fingerprint density at radius 3 is 2.39 bits per heavy atom. The highest BCUT2D eigenvalue weighted by Crippen LogP contribution is 2.31. The minimum Gasteiger partial charge on any atom is -0.466 e. The van der Waals surface area contributed by atoms with E-state index in [4.69, 9.17) is 8.83 Å². The molecular formula is C13H19N3O2. The molecule has 0 saturated carbocycles. The Bertz CT molecular complexity index is 542. The number of aromatic nitrogens is 2. The molecule has 0 spiro atoms. The van der Waals surface area contributed by atoms with Crippen molar-refractivity contribution in [1.29, 1.82) is 0 Å². The first kappa shape index (κ1) is 12.8. The largest absolute Gasteiger partial charge is 0.466 e. The van der Waals surface area contributed by atoms with Crippen LogP contribution in [0.25, 0.3) is 11.5 Å². The molecule has 2 aromatic rings. The lowest BCUT2D eigenvalue weighted by atomic mass is 10.1. The summed E-state index contributed by atoms with van der Waals surface area (Å²) in [6.07, 6.45) is 0. The van der Waals surface area contributed by atoms with Crippen LogP contribution in [0.4, 0.5) is 0 Å². The van der Waals surface area contributed by atoms with Gasteiger partial charge in [-0.2, -0.15) is 0 Å². The molecule has 98 valence electrons. The zero-order chi connectivity index (χ0) is 13.3. The summed E-state index contributed by atoms with van der Waals surface area (Å²) in [4.78, 5) is 0. The van der Waals surface area contributed by atoms with Crippen LogP contribution in [0, 0.1) is 20.8 Å². The van der Waals surface area contributed by atoms with E-state index in [1.165, 1.54) is 0 Å².